The van der Waals surface area contributed by atoms with Crippen molar-refractivity contribution in [3.8, 4) is 5.69 Å². The first-order valence-electron chi connectivity index (χ1n) is 3.83. The standard InChI is InChI=1S/C9H8IN3/c10-8-6-12-13(9(8)11)7-4-2-1-3-5-7/h1-6H,11H2. The second-order valence-electron chi connectivity index (χ2n) is 2.63. The molecule has 2 rings (SSSR count). The molecule has 1 aromatic heterocycles. The maximum absolute atomic E-state index is 5.83. The number of nitrogen functional groups attached to an aromatic ring is 1. The largest absolute Gasteiger partial charge is 0.383 e. The van der Waals surface area contributed by atoms with E-state index >= 15 is 0 Å². The van der Waals surface area contributed by atoms with E-state index in [1.807, 2.05) is 30.3 Å². The van der Waals surface area contributed by atoms with E-state index < -0.39 is 0 Å². The summed E-state index contributed by atoms with van der Waals surface area (Å²) in [5.74, 6) is 0.687. The summed E-state index contributed by atoms with van der Waals surface area (Å²) >= 11 is 2.16. The third-order valence-corrected chi connectivity index (χ3v) is 2.59. The molecule has 1 heterocycles. The summed E-state index contributed by atoms with van der Waals surface area (Å²) in [6.45, 7) is 0. The zero-order valence-electron chi connectivity index (χ0n) is 6.81. The van der Waals surface area contributed by atoms with Crippen LogP contribution in [0.5, 0.6) is 0 Å². The fraction of sp³-hybridized carbons (Fsp3) is 0. The van der Waals surface area contributed by atoms with E-state index in [9.17, 15) is 0 Å². The molecule has 0 saturated heterocycles. The smallest absolute Gasteiger partial charge is 0.140 e. The zero-order valence-corrected chi connectivity index (χ0v) is 8.97. The number of anilines is 1. The highest BCUT2D eigenvalue weighted by molar-refractivity contribution is 14.1. The molecule has 0 bridgehead atoms. The number of para-hydroxylation sites is 1. The molecule has 66 valence electrons. The van der Waals surface area contributed by atoms with Gasteiger partial charge < -0.3 is 5.73 Å². The Morgan fingerprint density at radius 3 is 2.46 bits per heavy atom. The Bertz CT molecular complexity index is 408. The van der Waals surface area contributed by atoms with Crippen LogP contribution in [0.2, 0.25) is 0 Å². The molecule has 4 heteroatoms. The number of nitrogens with zero attached hydrogens (tertiary/aromatic N) is 2. The second kappa shape index (κ2) is 3.37. The first-order chi connectivity index (χ1) is 6.29. The van der Waals surface area contributed by atoms with E-state index in [0.717, 1.165) is 9.26 Å². The molecule has 0 unspecified atom stereocenters. The summed E-state index contributed by atoms with van der Waals surface area (Å²) in [5, 5.41) is 4.17. The highest BCUT2D eigenvalue weighted by Gasteiger charge is 2.04. The van der Waals surface area contributed by atoms with Crippen molar-refractivity contribution in [1.29, 1.82) is 0 Å². The molecule has 0 spiro atoms. The molecule has 0 aliphatic heterocycles. The lowest BCUT2D eigenvalue weighted by molar-refractivity contribution is 0.891. The molecule has 3 nitrogen and oxygen atoms in total. The summed E-state index contributed by atoms with van der Waals surface area (Å²) in [6.07, 6.45) is 1.75. The summed E-state index contributed by atoms with van der Waals surface area (Å²) in [5.41, 5.74) is 6.82. The van der Waals surface area contributed by atoms with Crippen LogP contribution in [0, 0.1) is 3.57 Å². The summed E-state index contributed by atoms with van der Waals surface area (Å²) in [7, 11) is 0. The fourth-order valence-corrected chi connectivity index (χ4v) is 1.47. The number of aromatic nitrogens is 2. The van der Waals surface area contributed by atoms with Gasteiger partial charge in [0.2, 0.25) is 0 Å². The van der Waals surface area contributed by atoms with Crippen molar-refractivity contribution in [2.75, 3.05) is 5.73 Å². The van der Waals surface area contributed by atoms with Gasteiger partial charge in [-0.05, 0) is 34.7 Å². The molecule has 0 aliphatic rings. The Kier molecular flexibility index (Phi) is 2.22. The average Bonchev–Trinajstić information content (AvgIpc) is 2.49. The van der Waals surface area contributed by atoms with Crippen LogP contribution >= 0.6 is 22.6 Å². The van der Waals surface area contributed by atoms with Crippen molar-refractivity contribution in [3.63, 3.8) is 0 Å². The molecule has 0 fully saturated rings. The molecule has 0 aliphatic carbocycles. The van der Waals surface area contributed by atoms with Gasteiger partial charge in [0.25, 0.3) is 0 Å². The third kappa shape index (κ3) is 1.53. The fourth-order valence-electron chi connectivity index (χ4n) is 1.11. The van der Waals surface area contributed by atoms with E-state index in [1.165, 1.54) is 0 Å². The van der Waals surface area contributed by atoms with Gasteiger partial charge in [-0.3, -0.25) is 0 Å². The van der Waals surface area contributed by atoms with Crippen LogP contribution < -0.4 is 5.73 Å². The van der Waals surface area contributed by atoms with Crippen LogP contribution in [0.4, 0.5) is 5.82 Å². The van der Waals surface area contributed by atoms with Crippen LogP contribution in [0.15, 0.2) is 36.5 Å². The average molecular weight is 285 g/mol. The third-order valence-electron chi connectivity index (χ3n) is 1.76. The maximum Gasteiger partial charge on any atom is 0.140 e. The summed E-state index contributed by atoms with van der Waals surface area (Å²) in [4.78, 5) is 0. The minimum Gasteiger partial charge on any atom is -0.383 e. The minimum absolute atomic E-state index is 0.687. The quantitative estimate of drug-likeness (QED) is 0.815. The van der Waals surface area contributed by atoms with E-state index in [2.05, 4.69) is 27.7 Å². The van der Waals surface area contributed by atoms with Crippen LogP contribution in [0.3, 0.4) is 0 Å². The SMILES string of the molecule is Nc1c(I)cnn1-c1ccccc1. The molecule has 13 heavy (non-hydrogen) atoms. The first-order valence-corrected chi connectivity index (χ1v) is 4.91. The van der Waals surface area contributed by atoms with Crippen molar-refractivity contribution in [2.45, 2.75) is 0 Å². The molecule has 1 aromatic carbocycles. The van der Waals surface area contributed by atoms with Crippen LogP contribution in [0.25, 0.3) is 5.69 Å². The first kappa shape index (κ1) is 8.55. The maximum atomic E-state index is 5.83. The van der Waals surface area contributed by atoms with Gasteiger partial charge in [-0.25, -0.2) is 4.68 Å². The monoisotopic (exact) mass is 285 g/mol. The van der Waals surface area contributed by atoms with E-state index in [1.54, 1.807) is 10.9 Å². The van der Waals surface area contributed by atoms with Gasteiger partial charge in [0.1, 0.15) is 5.82 Å². The van der Waals surface area contributed by atoms with Gasteiger partial charge in [0.05, 0.1) is 15.5 Å². The number of hydrogen-bond donors (Lipinski definition) is 1. The zero-order chi connectivity index (χ0) is 9.26. The van der Waals surface area contributed by atoms with Crippen molar-refractivity contribution in [3.05, 3.63) is 40.1 Å². The topological polar surface area (TPSA) is 43.8 Å². The highest BCUT2D eigenvalue weighted by Crippen LogP contribution is 2.17. The number of rotatable bonds is 1. The normalized spacial score (nSPS) is 10.2. The Morgan fingerprint density at radius 2 is 1.92 bits per heavy atom. The van der Waals surface area contributed by atoms with E-state index in [-0.39, 0.29) is 0 Å². The van der Waals surface area contributed by atoms with Crippen LogP contribution in [-0.4, -0.2) is 9.78 Å². The number of halogens is 1. The predicted molar refractivity (Wildman–Crippen MR) is 60.7 cm³/mol. The highest BCUT2D eigenvalue weighted by atomic mass is 127. The molecular formula is C9H8IN3. The van der Waals surface area contributed by atoms with Crippen LogP contribution in [-0.2, 0) is 0 Å². The molecule has 2 N–H and O–H groups in total. The van der Waals surface area contributed by atoms with Gasteiger partial charge in [-0.15, -0.1) is 0 Å². The second-order valence-corrected chi connectivity index (χ2v) is 3.79. The Labute approximate surface area is 89.7 Å². The van der Waals surface area contributed by atoms with Gasteiger partial charge in [0.15, 0.2) is 0 Å². The predicted octanol–water partition coefficient (Wildman–Crippen LogP) is 2.06. The van der Waals surface area contributed by atoms with Gasteiger partial charge in [-0.2, -0.15) is 5.10 Å². The molecule has 0 radical (unpaired) electrons. The molecule has 2 aromatic rings. The number of hydrogen-bond acceptors (Lipinski definition) is 2. The van der Waals surface area contributed by atoms with E-state index in [0.29, 0.717) is 5.82 Å². The van der Waals surface area contributed by atoms with Crippen molar-refractivity contribution in [1.82, 2.24) is 9.78 Å². The number of nitrogens with two attached hydrogens (primary N) is 1. The van der Waals surface area contributed by atoms with Gasteiger partial charge in [-0.1, -0.05) is 18.2 Å². The molecular weight excluding hydrogens is 277 g/mol. The van der Waals surface area contributed by atoms with Gasteiger partial charge >= 0.3 is 0 Å². The molecule has 0 amide bonds. The summed E-state index contributed by atoms with van der Waals surface area (Å²) < 4.78 is 2.70. The Morgan fingerprint density at radius 1 is 1.23 bits per heavy atom. The molecule has 0 saturated carbocycles. The minimum atomic E-state index is 0.687. The lowest BCUT2D eigenvalue weighted by atomic mass is 10.3. The Balaban J connectivity index is 2.53. The lowest BCUT2D eigenvalue weighted by Crippen LogP contribution is -2.01. The van der Waals surface area contributed by atoms with Crippen LogP contribution in [0.1, 0.15) is 0 Å². The Hall–Kier alpha value is -1.04. The summed E-state index contributed by atoms with van der Waals surface area (Å²) in [6, 6.07) is 9.83. The van der Waals surface area contributed by atoms with Crippen molar-refractivity contribution < 1.29 is 0 Å². The van der Waals surface area contributed by atoms with Crippen molar-refractivity contribution >= 4 is 28.4 Å². The van der Waals surface area contributed by atoms with Crippen molar-refractivity contribution in [2.24, 2.45) is 0 Å². The van der Waals surface area contributed by atoms with E-state index in [4.69, 9.17) is 5.73 Å². The number of benzene rings is 1. The lowest BCUT2D eigenvalue weighted by Gasteiger charge is -2.02. The van der Waals surface area contributed by atoms with Gasteiger partial charge in [0, 0.05) is 0 Å². The molecule has 0 atom stereocenters.